The summed E-state index contributed by atoms with van der Waals surface area (Å²) in [5.74, 6) is 0.183. The van der Waals surface area contributed by atoms with E-state index in [2.05, 4.69) is 36.1 Å². The molecule has 0 unspecified atom stereocenters. The van der Waals surface area contributed by atoms with E-state index in [-0.39, 0.29) is 11.3 Å². The Bertz CT molecular complexity index is 651. The fraction of sp³-hybridized carbons (Fsp3) is 0.562. The van der Waals surface area contributed by atoms with Gasteiger partial charge < -0.3 is 4.90 Å². The van der Waals surface area contributed by atoms with Gasteiger partial charge in [0, 0.05) is 61.5 Å². The van der Waals surface area contributed by atoms with Crippen LogP contribution in [0.5, 0.6) is 0 Å². The Morgan fingerprint density at radius 2 is 2.23 bits per heavy atom. The highest BCUT2D eigenvalue weighted by molar-refractivity contribution is 5.76. The van der Waals surface area contributed by atoms with Gasteiger partial charge in [-0.2, -0.15) is 10.2 Å². The van der Waals surface area contributed by atoms with Crippen molar-refractivity contribution in [2.75, 3.05) is 6.54 Å². The fourth-order valence-electron chi connectivity index (χ4n) is 2.93. The van der Waals surface area contributed by atoms with Crippen molar-refractivity contribution in [3.05, 3.63) is 35.4 Å². The highest BCUT2D eigenvalue weighted by Gasteiger charge is 2.29. The summed E-state index contributed by atoms with van der Waals surface area (Å²) >= 11 is 0. The van der Waals surface area contributed by atoms with Gasteiger partial charge in [-0.3, -0.25) is 14.6 Å². The SMILES string of the molecule is CC(C)(C)c1n[nH]c2c1CN(C(=O)CCn1cccn1)CC2. The minimum Gasteiger partial charge on any atom is -0.338 e. The minimum atomic E-state index is -0.00873. The van der Waals surface area contributed by atoms with Crippen molar-refractivity contribution < 1.29 is 4.79 Å². The molecule has 0 fully saturated rings. The second kappa shape index (κ2) is 5.59. The average Bonchev–Trinajstić information content (AvgIpc) is 3.12. The quantitative estimate of drug-likeness (QED) is 0.941. The Kier molecular flexibility index (Phi) is 3.76. The van der Waals surface area contributed by atoms with Crippen molar-refractivity contribution in [3.8, 4) is 0 Å². The second-order valence-corrected chi connectivity index (χ2v) is 6.86. The number of nitrogens with one attached hydrogen (secondary N) is 1. The first-order chi connectivity index (χ1) is 10.4. The lowest BCUT2D eigenvalue weighted by molar-refractivity contribution is -0.132. The number of amides is 1. The van der Waals surface area contributed by atoms with Gasteiger partial charge in [0.05, 0.1) is 5.69 Å². The van der Waals surface area contributed by atoms with Crippen LogP contribution in [0.15, 0.2) is 18.5 Å². The van der Waals surface area contributed by atoms with Crippen LogP contribution in [0.3, 0.4) is 0 Å². The molecule has 0 aliphatic carbocycles. The number of carbonyl (C=O) groups excluding carboxylic acids is 1. The summed E-state index contributed by atoms with van der Waals surface area (Å²) in [7, 11) is 0. The summed E-state index contributed by atoms with van der Waals surface area (Å²) in [6.07, 6.45) is 4.96. The monoisotopic (exact) mass is 301 g/mol. The third-order valence-electron chi connectivity index (χ3n) is 4.11. The topological polar surface area (TPSA) is 66.8 Å². The Labute approximate surface area is 130 Å². The lowest BCUT2D eigenvalue weighted by Gasteiger charge is -2.29. The predicted molar refractivity (Wildman–Crippen MR) is 83.3 cm³/mol. The molecule has 6 heteroatoms. The number of hydrogen-bond donors (Lipinski definition) is 1. The largest absolute Gasteiger partial charge is 0.338 e. The van der Waals surface area contributed by atoms with E-state index < -0.39 is 0 Å². The van der Waals surface area contributed by atoms with E-state index in [1.807, 2.05) is 17.2 Å². The number of aryl methyl sites for hydroxylation is 1. The van der Waals surface area contributed by atoms with Gasteiger partial charge in [0.1, 0.15) is 0 Å². The second-order valence-electron chi connectivity index (χ2n) is 6.86. The molecule has 0 saturated carbocycles. The molecular weight excluding hydrogens is 278 g/mol. The first-order valence-electron chi connectivity index (χ1n) is 7.77. The van der Waals surface area contributed by atoms with E-state index in [9.17, 15) is 4.79 Å². The lowest BCUT2D eigenvalue weighted by atomic mass is 9.87. The van der Waals surface area contributed by atoms with Crippen LogP contribution < -0.4 is 0 Å². The highest BCUT2D eigenvalue weighted by atomic mass is 16.2. The summed E-state index contributed by atoms with van der Waals surface area (Å²) in [6.45, 7) is 8.52. The molecule has 1 aliphatic heterocycles. The van der Waals surface area contributed by atoms with Crippen LogP contribution in [0.1, 0.15) is 44.1 Å². The van der Waals surface area contributed by atoms with Crippen LogP contribution in [0.2, 0.25) is 0 Å². The third kappa shape index (κ3) is 2.91. The van der Waals surface area contributed by atoms with E-state index in [1.165, 1.54) is 11.3 Å². The van der Waals surface area contributed by atoms with Crippen LogP contribution in [0.4, 0.5) is 0 Å². The first kappa shape index (κ1) is 14.8. The number of carbonyl (C=O) groups is 1. The van der Waals surface area contributed by atoms with Gasteiger partial charge >= 0.3 is 0 Å². The molecule has 118 valence electrons. The number of aromatic amines is 1. The van der Waals surface area contributed by atoms with Crippen LogP contribution >= 0.6 is 0 Å². The van der Waals surface area contributed by atoms with Gasteiger partial charge in [-0.1, -0.05) is 20.8 Å². The Morgan fingerprint density at radius 3 is 2.91 bits per heavy atom. The number of aromatic nitrogens is 4. The zero-order valence-electron chi connectivity index (χ0n) is 13.5. The molecule has 3 heterocycles. The normalized spacial score (nSPS) is 15.0. The van der Waals surface area contributed by atoms with Gasteiger partial charge in [-0.15, -0.1) is 0 Å². The molecule has 0 aromatic carbocycles. The number of hydrogen-bond acceptors (Lipinski definition) is 3. The summed E-state index contributed by atoms with van der Waals surface area (Å²) in [5.41, 5.74) is 3.45. The maximum atomic E-state index is 12.4. The summed E-state index contributed by atoms with van der Waals surface area (Å²) in [5, 5.41) is 11.8. The van der Waals surface area contributed by atoms with Crippen molar-refractivity contribution >= 4 is 5.91 Å². The van der Waals surface area contributed by atoms with Crippen LogP contribution in [0.25, 0.3) is 0 Å². The van der Waals surface area contributed by atoms with E-state index in [0.29, 0.717) is 19.5 Å². The van der Waals surface area contributed by atoms with Crippen LogP contribution in [0, 0.1) is 0 Å². The molecule has 6 nitrogen and oxygen atoms in total. The van der Waals surface area contributed by atoms with Crippen LogP contribution in [-0.4, -0.2) is 37.3 Å². The van der Waals surface area contributed by atoms with Gasteiger partial charge in [-0.25, -0.2) is 0 Å². The summed E-state index contributed by atoms with van der Waals surface area (Å²) < 4.78 is 1.80. The fourth-order valence-corrected chi connectivity index (χ4v) is 2.93. The van der Waals surface area contributed by atoms with E-state index in [0.717, 1.165) is 18.7 Å². The first-order valence-corrected chi connectivity index (χ1v) is 7.77. The Balaban J connectivity index is 1.68. The van der Waals surface area contributed by atoms with Gasteiger partial charge in [0.15, 0.2) is 0 Å². The number of fused-ring (bicyclic) bond motifs is 1. The van der Waals surface area contributed by atoms with Gasteiger partial charge in [-0.05, 0) is 6.07 Å². The summed E-state index contributed by atoms with van der Waals surface area (Å²) in [6, 6.07) is 1.87. The number of rotatable bonds is 3. The van der Waals surface area contributed by atoms with Gasteiger partial charge in [0.25, 0.3) is 0 Å². The molecule has 3 rings (SSSR count). The van der Waals surface area contributed by atoms with Crippen molar-refractivity contribution in [1.82, 2.24) is 24.9 Å². The Morgan fingerprint density at radius 1 is 1.41 bits per heavy atom. The molecule has 0 spiro atoms. The molecule has 22 heavy (non-hydrogen) atoms. The lowest BCUT2D eigenvalue weighted by Crippen LogP contribution is -2.37. The van der Waals surface area contributed by atoms with Crippen LogP contribution in [-0.2, 0) is 29.7 Å². The molecule has 0 saturated heterocycles. The molecule has 0 bridgehead atoms. The zero-order chi connectivity index (χ0) is 15.7. The number of H-pyrrole nitrogens is 1. The molecular formula is C16H23N5O. The maximum Gasteiger partial charge on any atom is 0.224 e. The molecule has 1 aliphatic rings. The summed E-state index contributed by atoms with van der Waals surface area (Å²) in [4.78, 5) is 14.4. The molecule has 2 aromatic heterocycles. The van der Waals surface area contributed by atoms with Crippen molar-refractivity contribution in [3.63, 3.8) is 0 Å². The third-order valence-corrected chi connectivity index (χ3v) is 4.11. The average molecular weight is 301 g/mol. The van der Waals surface area contributed by atoms with E-state index in [4.69, 9.17) is 0 Å². The zero-order valence-corrected chi connectivity index (χ0v) is 13.5. The molecule has 0 radical (unpaired) electrons. The van der Waals surface area contributed by atoms with E-state index in [1.54, 1.807) is 10.9 Å². The maximum absolute atomic E-state index is 12.4. The smallest absolute Gasteiger partial charge is 0.224 e. The van der Waals surface area contributed by atoms with Crippen molar-refractivity contribution in [2.45, 2.75) is 52.1 Å². The standard InChI is InChI=1S/C16H23N5O/c1-16(2,3)15-12-11-20(9-5-13(12)18-19-15)14(22)6-10-21-8-4-7-17-21/h4,7-8H,5-6,9-11H2,1-3H3,(H,18,19). The van der Waals surface area contributed by atoms with Gasteiger partial charge in [0.2, 0.25) is 5.91 Å². The molecule has 2 aromatic rings. The van der Waals surface area contributed by atoms with E-state index >= 15 is 0 Å². The van der Waals surface area contributed by atoms with Crippen molar-refractivity contribution in [1.29, 1.82) is 0 Å². The molecule has 1 amide bonds. The molecule has 1 N–H and O–H groups in total. The Hall–Kier alpha value is -2.11. The molecule has 0 atom stereocenters. The number of nitrogens with zero attached hydrogens (tertiary/aromatic N) is 4. The van der Waals surface area contributed by atoms with Crippen molar-refractivity contribution in [2.24, 2.45) is 0 Å². The highest BCUT2D eigenvalue weighted by Crippen LogP contribution is 2.29. The minimum absolute atomic E-state index is 0.00873. The predicted octanol–water partition coefficient (Wildman–Crippen LogP) is 1.88.